The van der Waals surface area contributed by atoms with E-state index >= 15 is 0 Å². The number of benzene rings is 1. The van der Waals surface area contributed by atoms with Crippen molar-refractivity contribution >= 4 is 28.8 Å². The molecule has 1 amide bonds. The topological polar surface area (TPSA) is 101 Å². The Morgan fingerprint density at radius 1 is 1.37 bits per heavy atom. The van der Waals surface area contributed by atoms with Crippen molar-refractivity contribution < 1.29 is 9.18 Å². The van der Waals surface area contributed by atoms with Gasteiger partial charge in [-0.05, 0) is 55.0 Å². The van der Waals surface area contributed by atoms with Crippen LogP contribution in [0.1, 0.15) is 52.3 Å². The van der Waals surface area contributed by atoms with Gasteiger partial charge in [0.25, 0.3) is 5.91 Å². The van der Waals surface area contributed by atoms with Crippen molar-refractivity contribution in [3.8, 4) is 6.07 Å². The van der Waals surface area contributed by atoms with Crippen molar-refractivity contribution in [3.05, 3.63) is 77.0 Å². The fourth-order valence-corrected chi connectivity index (χ4v) is 5.23. The Balaban J connectivity index is 1.49. The Bertz CT molecular complexity index is 1480. The molecule has 4 aromatic rings. The first-order valence-electron chi connectivity index (χ1n) is 11.2. The molecular formula is C25H23ClFN7O. The predicted octanol–water partition coefficient (Wildman–Crippen LogP) is 4.51. The van der Waals surface area contributed by atoms with Crippen molar-refractivity contribution in [2.75, 3.05) is 5.32 Å². The summed E-state index contributed by atoms with van der Waals surface area (Å²) in [5.41, 5.74) is 2.48. The number of fused-ring (bicyclic) bond motifs is 1. The minimum atomic E-state index is -0.523. The zero-order valence-corrected chi connectivity index (χ0v) is 20.1. The van der Waals surface area contributed by atoms with Crippen LogP contribution >= 0.6 is 11.6 Å². The van der Waals surface area contributed by atoms with E-state index in [1.807, 2.05) is 29.8 Å². The number of halogens is 2. The summed E-state index contributed by atoms with van der Waals surface area (Å²) in [6.45, 7) is 1.55. The molecular weight excluding hydrogens is 469 g/mol. The van der Waals surface area contributed by atoms with E-state index in [2.05, 4.69) is 26.6 Å². The van der Waals surface area contributed by atoms with Crippen molar-refractivity contribution in [2.24, 2.45) is 13.0 Å². The molecule has 0 spiro atoms. The first kappa shape index (κ1) is 23.0. The largest absolute Gasteiger partial charge is 0.322 e. The number of nitrogens with zero attached hydrogens (tertiary/aromatic N) is 6. The van der Waals surface area contributed by atoms with Crippen LogP contribution in [0.4, 0.5) is 10.1 Å². The second kappa shape index (κ2) is 8.78. The highest BCUT2D eigenvalue weighted by molar-refractivity contribution is 6.17. The van der Waals surface area contributed by atoms with Crippen LogP contribution in [-0.4, -0.2) is 30.1 Å². The standard InChI is InChI=1S/C25H23ClFN7O/c1-15-21(27)34-13-17(12-26)8-20(22(34)30-15)23(35)31-19-5-3-4-18(9-19)25(10-16(11-25)6-7-28)24-32-29-14-33(24)2/h3-5,8-9,13-14,16H,6,10-12H2,1-2H3,(H,31,35). The van der Waals surface area contributed by atoms with Gasteiger partial charge in [-0.25, -0.2) is 4.98 Å². The minimum absolute atomic E-state index is 0.131. The van der Waals surface area contributed by atoms with E-state index in [4.69, 9.17) is 16.9 Å². The Morgan fingerprint density at radius 2 is 2.17 bits per heavy atom. The molecule has 8 nitrogen and oxygen atoms in total. The number of aromatic nitrogens is 5. The van der Waals surface area contributed by atoms with E-state index in [0.29, 0.717) is 17.7 Å². The molecule has 0 saturated heterocycles. The first-order valence-corrected chi connectivity index (χ1v) is 11.8. The fraction of sp³-hybridized carbons (Fsp3) is 0.320. The lowest BCUT2D eigenvalue weighted by Crippen LogP contribution is -2.44. The normalized spacial score (nSPS) is 19.3. The minimum Gasteiger partial charge on any atom is -0.322 e. The maximum atomic E-state index is 14.5. The zero-order chi connectivity index (χ0) is 24.7. The Hall–Kier alpha value is -3.77. The molecule has 1 aliphatic carbocycles. The van der Waals surface area contributed by atoms with E-state index in [9.17, 15) is 9.18 Å². The lowest BCUT2D eigenvalue weighted by Gasteiger charge is -2.46. The number of rotatable bonds is 6. The number of hydrogen-bond donors (Lipinski definition) is 1. The van der Waals surface area contributed by atoms with Crippen molar-refractivity contribution in [1.29, 1.82) is 5.26 Å². The molecule has 10 heteroatoms. The Kier molecular flexibility index (Phi) is 5.77. The van der Waals surface area contributed by atoms with Gasteiger partial charge < -0.3 is 9.88 Å². The van der Waals surface area contributed by atoms with E-state index in [0.717, 1.165) is 24.2 Å². The fourth-order valence-electron chi connectivity index (χ4n) is 5.08. The highest BCUT2D eigenvalue weighted by Crippen LogP contribution is 2.53. The van der Waals surface area contributed by atoms with Crippen LogP contribution in [0.15, 0.2) is 42.9 Å². The molecule has 178 valence electrons. The third-order valence-electron chi connectivity index (χ3n) is 6.74. The number of pyridine rings is 1. The van der Waals surface area contributed by atoms with E-state index in [1.165, 1.54) is 4.40 Å². The summed E-state index contributed by atoms with van der Waals surface area (Å²) in [5, 5.41) is 20.5. The average Bonchev–Trinajstić information content (AvgIpc) is 3.38. The Labute approximate surface area is 206 Å². The molecule has 0 unspecified atom stereocenters. The summed E-state index contributed by atoms with van der Waals surface area (Å²) in [6.07, 6.45) is 5.25. The lowest BCUT2D eigenvalue weighted by molar-refractivity contribution is 0.102. The second-order valence-electron chi connectivity index (χ2n) is 9.10. The molecule has 35 heavy (non-hydrogen) atoms. The summed E-state index contributed by atoms with van der Waals surface area (Å²) < 4.78 is 17.7. The third-order valence-corrected chi connectivity index (χ3v) is 7.05. The number of anilines is 1. The number of alkyl halides is 1. The van der Waals surface area contributed by atoms with Crippen molar-refractivity contribution in [3.63, 3.8) is 0 Å². The van der Waals surface area contributed by atoms with Gasteiger partial charge >= 0.3 is 0 Å². The summed E-state index contributed by atoms with van der Waals surface area (Å²) in [6, 6.07) is 11.5. The number of hydrogen-bond acceptors (Lipinski definition) is 5. The van der Waals surface area contributed by atoms with Gasteiger partial charge in [0.05, 0.1) is 22.7 Å². The molecule has 1 aliphatic rings. The van der Waals surface area contributed by atoms with E-state index < -0.39 is 11.9 Å². The number of carbonyl (C=O) groups is 1. The van der Waals surface area contributed by atoms with Crippen LogP contribution in [0.25, 0.3) is 5.65 Å². The van der Waals surface area contributed by atoms with Gasteiger partial charge in [0.15, 0.2) is 5.65 Å². The molecule has 1 fully saturated rings. The average molecular weight is 492 g/mol. The van der Waals surface area contributed by atoms with Gasteiger partial charge in [0, 0.05) is 31.2 Å². The molecule has 1 aromatic carbocycles. The van der Waals surface area contributed by atoms with Crippen LogP contribution in [0.3, 0.4) is 0 Å². The van der Waals surface area contributed by atoms with E-state index in [-0.39, 0.29) is 34.1 Å². The summed E-state index contributed by atoms with van der Waals surface area (Å²) in [7, 11) is 1.90. The SMILES string of the molecule is Cc1nc2c(C(=O)Nc3cccc(C4(c5nncn5C)CC(CC#N)C4)c3)cc(CCl)cn2c1F. The molecule has 3 heterocycles. The van der Waals surface area contributed by atoms with Crippen LogP contribution in [0.5, 0.6) is 0 Å². The molecule has 0 aliphatic heterocycles. The molecule has 0 bridgehead atoms. The van der Waals surface area contributed by atoms with Gasteiger partial charge in [0.2, 0.25) is 5.95 Å². The Morgan fingerprint density at radius 3 is 2.86 bits per heavy atom. The monoisotopic (exact) mass is 491 g/mol. The van der Waals surface area contributed by atoms with Gasteiger partial charge in [0.1, 0.15) is 12.2 Å². The highest BCUT2D eigenvalue weighted by atomic mass is 35.5. The highest BCUT2D eigenvalue weighted by Gasteiger charge is 2.49. The lowest BCUT2D eigenvalue weighted by atomic mass is 9.57. The van der Waals surface area contributed by atoms with Crippen LogP contribution < -0.4 is 5.32 Å². The number of amides is 1. The number of aryl methyl sites for hydroxylation is 2. The number of nitriles is 1. The van der Waals surface area contributed by atoms with E-state index in [1.54, 1.807) is 31.6 Å². The molecule has 0 atom stereocenters. The van der Waals surface area contributed by atoms with Crippen molar-refractivity contribution in [2.45, 2.75) is 37.5 Å². The summed E-state index contributed by atoms with van der Waals surface area (Å²) >= 11 is 5.99. The van der Waals surface area contributed by atoms with Gasteiger partial charge in [-0.15, -0.1) is 21.8 Å². The first-order chi connectivity index (χ1) is 16.9. The summed E-state index contributed by atoms with van der Waals surface area (Å²) in [4.78, 5) is 17.5. The third kappa shape index (κ3) is 3.84. The summed E-state index contributed by atoms with van der Waals surface area (Å²) in [5.74, 6) is 0.306. The number of imidazole rings is 1. The van der Waals surface area contributed by atoms with Crippen LogP contribution in [-0.2, 0) is 18.3 Å². The maximum Gasteiger partial charge on any atom is 0.259 e. The second-order valence-corrected chi connectivity index (χ2v) is 9.36. The predicted molar refractivity (Wildman–Crippen MR) is 129 cm³/mol. The number of nitrogens with one attached hydrogen (secondary N) is 1. The molecule has 3 aromatic heterocycles. The zero-order valence-electron chi connectivity index (χ0n) is 19.3. The van der Waals surface area contributed by atoms with Crippen molar-refractivity contribution in [1.82, 2.24) is 24.1 Å². The molecule has 5 rings (SSSR count). The van der Waals surface area contributed by atoms with Gasteiger partial charge in [-0.2, -0.15) is 9.65 Å². The van der Waals surface area contributed by atoms with Crippen LogP contribution in [0, 0.1) is 30.1 Å². The quantitative estimate of drug-likeness (QED) is 0.400. The van der Waals surface area contributed by atoms with Crippen LogP contribution in [0.2, 0.25) is 0 Å². The molecule has 1 N–H and O–H groups in total. The van der Waals surface area contributed by atoms with Gasteiger partial charge in [-0.3, -0.25) is 9.20 Å². The molecule has 0 radical (unpaired) electrons. The van der Waals surface area contributed by atoms with Gasteiger partial charge in [-0.1, -0.05) is 12.1 Å². The maximum absolute atomic E-state index is 14.5. The number of carbonyl (C=O) groups excluding carboxylic acids is 1. The molecule has 1 saturated carbocycles. The smallest absolute Gasteiger partial charge is 0.259 e.